The number of H-pyrrole nitrogens is 1. The van der Waals surface area contributed by atoms with Crippen molar-refractivity contribution in [3.63, 3.8) is 0 Å². The summed E-state index contributed by atoms with van der Waals surface area (Å²) in [6, 6.07) is 7.96. The molecular weight excluding hydrogens is 278 g/mol. The van der Waals surface area contributed by atoms with Gasteiger partial charge in [-0.25, -0.2) is 9.97 Å². The van der Waals surface area contributed by atoms with Crippen molar-refractivity contribution in [2.45, 2.75) is 19.8 Å². The number of aromatic amines is 1. The third-order valence-corrected chi connectivity index (χ3v) is 3.75. The Morgan fingerprint density at radius 1 is 1.27 bits per heavy atom. The number of nitrogens with zero attached hydrogens (tertiary/aromatic N) is 3. The van der Waals surface area contributed by atoms with Gasteiger partial charge in [-0.3, -0.25) is 5.10 Å². The molecule has 1 aliphatic carbocycles. The van der Waals surface area contributed by atoms with Crippen molar-refractivity contribution in [1.82, 2.24) is 20.2 Å². The van der Waals surface area contributed by atoms with Crippen LogP contribution in [0.3, 0.4) is 0 Å². The van der Waals surface area contributed by atoms with Gasteiger partial charge < -0.3 is 10.1 Å². The predicted molar refractivity (Wildman–Crippen MR) is 84.4 cm³/mol. The number of aromatic nitrogens is 4. The van der Waals surface area contributed by atoms with Crippen LogP contribution < -0.4 is 10.1 Å². The number of anilines is 2. The first-order chi connectivity index (χ1) is 10.8. The standard InChI is InChI=1S/C16H17N5O/c1-10-17-8-14(22-9-11-6-7-11)16(18-10)19-15-12-4-2-3-5-13(12)20-21-15/h2-5,8,11H,6-7,9H2,1H3,(H2,17,18,19,20,21). The second kappa shape index (κ2) is 5.29. The molecule has 22 heavy (non-hydrogen) atoms. The van der Waals surface area contributed by atoms with Crippen molar-refractivity contribution in [3.8, 4) is 5.75 Å². The van der Waals surface area contributed by atoms with Gasteiger partial charge in [0.2, 0.25) is 0 Å². The molecule has 6 heteroatoms. The Labute approximate surface area is 127 Å². The minimum atomic E-state index is 0.658. The lowest BCUT2D eigenvalue weighted by molar-refractivity contribution is 0.299. The Balaban J connectivity index is 1.64. The number of hydrogen-bond donors (Lipinski definition) is 2. The summed E-state index contributed by atoms with van der Waals surface area (Å²) in [5.41, 5.74) is 0.983. The van der Waals surface area contributed by atoms with E-state index in [9.17, 15) is 0 Å². The van der Waals surface area contributed by atoms with E-state index in [0.717, 1.165) is 23.3 Å². The van der Waals surface area contributed by atoms with Crippen LogP contribution in [0.15, 0.2) is 30.5 Å². The fourth-order valence-corrected chi connectivity index (χ4v) is 2.32. The van der Waals surface area contributed by atoms with Gasteiger partial charge >= 0.3 is 0 Å². The largest absolute Gasteiger partial charge is 0.488 e. The van der Waals surface area contributed by atoms with E-state index in [1.165, 1.54) is 12.8 Å². The van der Waals surface area contributed by atoms with Gasteiger partial charge in [0.05, 0.1) is 18.3 Å². The fourth-order valence-electron chi connectivity index (χ4n) is 2.32. The molecule has 3 aromatic rings. The molecule has 1 saturated carbocycles. The molecule has 0 bridgehead atoms. The van der Waals surface area contributed by atoms with E-state index >= 15 is 0 Å². The number of rotatable bonds is 5. The third-order valence-electron chi connectivity index (χ3n) is 3.75. The van der Waals surface area contributed by atoms with Gasteiger partial charge in [0.15, 0.2) is 17.4 Å². The van der Waals surface area contributed by atoms with Gasteiger partial charge in [-0.2, -0.15) is 5.10 Å². The number of benzene rings is 1. The summed E-state index contributed by atoms with van der Waals surface area (Å²) in [5.74, 6) is 3.45. The van der Waals surface area contributed by atoms with E-state index in [2.05, 4.69) is 25.5 Å². The summed E-state index contributed by atoms with van der Waals surface area (Å²) in [6.07, 6.45) is 4.22. The second-order valence-electron chi connectivity index (χ2n) is 5.63. The van der Waals surface area contributed by atoms with E-state index in [1.807, 2.05) is 31.2 Å². The molecule has 112 valence electrons. The molecule has 2 heterocycles. The number of hydrogen-bond acceptors (Lipinski definition) is 5. The van der Waals surface area contributed by atoms with Crippen molar-refractivity contribution >= 4 is 22.5 Å². The Hall–Kier alpha value is -2.63. The first-order valence-electron chi connectivity index (χ1n) is 7.46. The van der Waals surface area contributed by atoms with Crippen LogP contribution in [0.4, 0.5) is 11.6 Å². The molecule has 0 atom stereocenters. The van der Waals surface area contributed by atoms with Gasteiger partial charge in [0, 0.05) is 5.39 Å². The summed E-state index contributed by atoms with van der Waals surface area (Å²) < 4.78 is 5.85. The van der Waals surface area contributed by atoms with Gasteiger partial charge in [-0.05, 0) is 37.8 Å². The maximum Gasteiger partial charge on any atom is 0.180 e. The van der Waals surface area contributed by atoms with Crippen LogP contribution in [0.2, 0.25) is 0 Å². The summed E-state index contributed by atoms with van der Waals surface area (Å²) in [5, 5.41) is 11.6. The number of ether oxygens (including phenoxy) is 1. The Morgan fingerprint density at radius 2 is 2.14 bits per heavy atom. The van der Waals surface area contributed by atoms with Gasteiger partial charge in [0.1, 0.15) is 5.82 Å². The first-order valence-corrected chi connectivity index (χ1v) is 7.46. The fraction of sp³-hybridized carbons (Fsp3) is 0.312. The lowest BCUT2D eigenvalue weighted by atomic mass is 10.2. The molecule has 0 unspecified atom stereocenters. The van der Waals surface area contributed by atoms with E-state index in [0.29, 0.717) is 23.3 Å². The molecule has 1 fully saturated rings. The van der Waals surface area contributed by atoms with E-state index in [-0.39, 0.29) is 0 Å². The average molecular weight is 295 g/mol. The number of nitrogens with one attached hydrogen (secondary N) is 2. The maximum absolute atomic E-state index is 5.85. The van der Waals surface area contributed by atoms with Crippen molar-refractivity contribution in [1.29, 1.82) is 0 Å². The van der Waals surface area contributed by atoms with E-state index in [4.69, 9.17) is 4.74 Å². The van der Waals surface area contributed by atoms with Gasteiger partial charge in [0.25, 0.3) is 0 Å². The summed E-state index contributed by atoms with van der Waals surface area (Å²) in [4.78, 5) is 8.68. The molecular formula is C16H17N5O. The summed E-state index contributed by atoms with van der Waals surface area (Å²) in [7, 11) is 0. The van der Waals surface area contributed by atoms with Crippen molar-refractivity contribution in [2.75, 3.05) is 11.9 Å². The molecule has 1 aromatic carbocycles. The molecule has 0 aliphatic heterocycles. The number of para-hydroxylation sites is 1. The highest BCUT2D eigenvalue weighted by atomic mass is 16.5. The normalized spacial score (nSPS) is 14.2. The predicted octanol–water partition coefficient (Wildman–Crippen LogP) is 3.19. The third kappa shape index (κ3) is 2.59. The van der Waals surface area contributed by atoms with Crippen LogP contribution >= 0.6 is 0 Å². The first kappa shape index (κ1) is 13.1. The zero-order valence-corrected chi connectivity index (χ0v) is 12.3. The molecule has 0 radical (unpaired) electrons. The minimum Gasteiger partial charge on any atom is -0.488 e. The second-order valence-corrected chi connectivity index (χ2v) is 5.63. The topological polar surface area (TPSA) is 75.7 Å². The lowest BCUT2D eigenvalue weighted by Gasteiger charge is -2.11. The Bertz CT molecular complexity index is 809. The zero-order chi connectivity index (χ0) is 14.9. The highest BCUT2D eigenvalue weighted by Gasteiger charge is 2.23. The Morgan fingerprint density at radius 3 is 3.00 bits per heavy atom. The average Bonchev–Trinajstić information content (AvgIpc) is 3.28. The van der Waals surface area contributed by atoms with Crippen LogP contribution in [0, 0.1) is 12.8 Å². The quantitative estimate of drug-likeness (QED) is 0.756. The number of fused-ring (bicyclic) bond motifs is 1. The minimum absolute atomic E-state index is 0.658. The molecule has 0 saturated heterocycles. The van der Waals surface area contributed by atoms with Crippen LogP contribution in [-0.4, -0.2) is 26.8 Å². The van der Waals surface area contributed by atoms with Crippen LogP contribution in [-0.2, 0) is 0 Å². The Kier molecular flexibility index (Phi) is 3.14. The smallest absolute Gasteiger partial charge is 0.180 e. The molecule has 2 aromatic heterocycles. The van der Waals surface area contributed by atoms with Crippen molar-refractivity contribution in [3.05, 3.63) is 36.3 Å². The SMILES string of the molecule is Cc1ncc(OCC2CC2)c(Nc2n[nH]c3ccccc23)n1. The highest BCUT2D eigenvalue weighted by Crippen LogP contribution is 2.32. The van der Waals surface area contributed by atoms with Crippen molar-refractivity contribution in [2.24, 2.45) is 5.92 Å². The van der Waals surface area contributed by atoms with Crippen LogP contribution in [0.1, 0.15) is 18.7 Å². The van der Waals surface area contributed by atoms with Crippen LogP contribution in [0.25, 0.3) is 10.9 Å². The van der Waals surface area contributed by atoms with E-state index in [1.54, 1.807) is 6.20 Å². The maximum atomic E-state index is 5.85. The molecule has 4 rings (SSSR count). The summed E-state index contributed by atoms with van der Waals surface area (Å²) in [6.45, 7) is 2.58. The number of aryl methyl sites for hydroxylation is 1. The molecule has 1 aliphatic rings. The van der Waals surface area contributed by atoms with Crippen molar-refractivity contribution < 1.29 is 4.74 Å². The molecule has 2 N–H and O–H groups in total. The highest BCUT2D eigenvalue weighted by molar-refractivity contribution is 5.91. The van der Waals surface area contributed by atoms with Gasteiger partial charge in [-0.15, -0.1) is 0 Å². The molecule has 6 nitrogen and oxygen atoms in total. The van der Waals surface area contributed by atoms with Crippen LogP contribution in [0.5, 0.6) is 5.75 Å². The summed E-state index contributed by atoms with van der Waals surface area (Å²) >= 11 is 0. The van der Waals surface area contributed by atoms with E-state index < -0.39 is 0 Å². The monoisotopic (exact) mass is 295 g/mol. The molecule has 0 spiro atoms. The zero-order valence-electron chi connectivity index (χ0n) is 12.3. The van der Waals surface area contributed by atoms with Gasteiger partial charge in [-0.1, -0.05) is 12.1 Å². The lowest BCUT2D eigenvalue weighted by Crippen LogP contribution is -2.05. The molecule has 0 amide bonds.